The van der Waals surface area contributed by atoms with Crippen LogP contribution in [0.3, 0.4) is 0 Å². The Morgan fingerprint density at radius 3 is 2.49 bits per heavy atom. The lowest BCUT2D eigenvalue weighted by Crippen LogP contribution is -2.46. The molecule has 3 aromatic rings. The van der Waals surface area contributed by atoms with E-state index in [0.29, 0.717) is 34.3 Å². The third-order valence-corrected chi connectivity index (χ3v) is 6.97. The Morgan fingerprint density at radius 2 is 1.79 bits per heavy atom. The van der Waals surface area contributed by atoms with E-state index in [4.69, 9.17) is 16.3 Å². The van der Waals surface area contributed by atoms with E-state index in [1.54, 1.807) is 80.0 Å². The lowest BCUT2D eigenvalue weighted by atomic mass is 10.0. The topological polar surface area (TPSA) is 101 Å². The van der Waals surface area contributed by atoms with Crippen LogP contribution in [0, 0.1) is 0 Å². The second-order valence-corrected chi connectivity index (χ2v) is 9.96. The van der Waals surface area contributed by atoms with E-state index in [-0.39, 0.29) is 36.6 Å². The fourth-order valence-corrected chi connectivity index (χ4v) is 4.90. The number of halogens is 1. The van der Waals surface area contributed by atoms with Gasteiger partial charge in [0.15, 0.2) is 0 Å². The van der Waals surface area contributed by atoms with Crippen molar-refractivity contribution in [3.63, 3.8) is 0 Å². The van der Waals surface area contributed by atoms with Crippen molar-refractivity contribution >= 4 is 40.8 Å². The summed E-state index contributed by atoms with van der Waals surface area (Å²) >= 11 is 6.15. The number of methoxy groups -OCH3 is 1. The Labute approximate surface area is 233 Å². The number of benzene rings is 2. The van der Waals surface area contributed by atoms with E-state index < -0.39 is 6.04 Å². The molecule has 0 radical (unpaired) electrons. The number of ether oxygens (including phenoxy) is 1. The Bertz CT molecular complexity index is 1260. The summed E-state index contributed by atoms with van der Waals surface area (Å²) in [6.45, 7) is 0. The van der Waals surface area contributed by atoms with Gasteiger partial charge in [0, 0.05) is 41.9 Å². The molecule has 0 bridgehead atoms. The molecule has 1 aromatic heterocycles. The molecule has 1 fully saturated rings. The number of pyridine rings is 1. The summed E-state index contributed by atoms with van der Waals surface area (Å²) in [5.41, 5.74) is 1.16. The summed E-state index contributed by atoms with van der Waals surface area (Å²) in [6.07, 6.45) is 6.05. The number of rotatable bonds is 11. The second-order valence-electron chi connectivity index (χ2n) is 9.53. The van der Waals surface area contributed by atoms with Gasteiger partial charge in [-0.25, -0.2) is 4.98 Å². The lowest BCUT2D eigenvalue weighted by Gasteiger charge is -2.32. The van der Waals surface area contributed by atoms with Crippen LogP contribution in [0.15, 0.2) is 72.9 Å². The van der Waals surface area contributed by atoms with Gasteiger partial charge >= 0.3 is 0 Å². The normalized spacial score (nSPS) is 13.9. The molecule has 0 saturated heterocycles. The SMILES string of the molecule is COc1cccc(N(C(=O)CCCC(=O)Nc2ccccn2)C(C(=O)NC2CCCC2)c2ccc(Cl)cc2)c1. The fourth-order valence-electron chi connectivity index (χ4n) is 4.77. The van der Waals surface area contributed by atoms with Crippen LogP contribution >= 0.6 is 11.6 Å². The molecule has 1 aliphatic rings. The van der Waals surface area contributed by atoms with Gasteiger partial charge in [-0.3, -0.25) is 19.3 Å². The smallest absolute Gasteiger partial charge is 0.248 e. The van der Waals surface area contributed by atoms with E-state index >= 15 is 0 Å². The summed E-state index contributed by atoms with van der Waals surface area (Å²) in [7, 11) is 1.55. The zero-order valence-corrected chi connectivity index (χ0v) is 22.7. The predicted octanol–water partition coefficient (Wildman–Crippen LogP) is 5.69. The second kappa shape index (κ2) is 13.8. The molecule has 1 aliphatic carbocycles. The van der Waals surface area contributed by atoms with E-state index in [1.165, 1.54) is 4.90 Å². The number of hydrogen-bond donors (Lipinski definition) is 2. The molecule has 0 spiro atoms. The Balaban J connectivity index is 1.59. The zero-order chi connectivity index (χ0) is 27.6. The summed E-state index contributed by atoms with van der Waals surface area (Å²) in [5, 5.41) is 6.43. The number of nitrogens with one attached hydrogen (secondary N) is 2. The van der Waals surface area contributed by atoms with Gasteiger partial charge in [-0.05, 0) is 61.2 Å². The zero-order valence-electron chi connectivity index (χ0n) is 21.9. The maximum absolute atomic E-state index is 13.8. The molecule has 1 saturated carbocycles. The highest BCUT2D eigenvalue weighted by Gasteiger charge is 2.34. The molecule has 1 unspecified atom stereocenters. The third kappa shape index (κ3) is 7.80. The van der Waals surface area contributed by atoms with Gasteiger partial charge in [-0.1, -0.05) is 48.7 Å². The average Bonchev–Trinajstić information content (AvgIpc) is 3.45. The van der Waals surface area contributed by atoms with Crippen molar-refractivity contribution in [3.05, 3.63) is 83.5 Å². The van der Waals surface area contributed by atoms with Crippen LogP contribution in [0.5, 0.6) is 5.75 Å². The van der Waals surface area contributed by atoms with Crippen LogP contribution in [-0.4, -0.2) is 35.9 Å². The van der Waals surface area contributed by atoms with Gasteiger partial charge in [-0.2, -0.15) is 0 Å². The molecule has 2 aromatic carbocycles. The molecule has 3 amide bonds. The minimum Gasteiger partial charge on any atom is -0.497 e. The molecule has 1 atom stereocenters. The van der Waals surface area contributed by atoms with Crippen molar-refractivity contribution in [2.24, 2.45) is 0 Å². The summed E-state index contributed by atoms with van der Waals surface area (Å²) < 4.78 is 5.41. The van der Waals surface area contributed by atoms with Gasteiger partial charge in [0.05, 0.1) is 7.11 Å². The number of carbonyl (C=O) groups excluding carboxylic acids is 3. The molecule has 0 aliphatic heterocycles. The summed E-state index contributed by atoms with van der Waals surface area (Å²) in [4.78, 5) is 45.7. The molecule has 204 valence electrons. The largest absolute Gasteiger partial charge is 0.497 e. The third-order valence-electron chi connectivity index (χ3n) is 6.72. The molecule has 39 heavy (non-hydrogen) atoms. The number of amides is 3. The molecule has 1 heterocycles. The first-order chi connectivity index (χ1) is 18.9. The van der Waals surface area contributed by atoms with Crippen LogP contribution in [0.1, 0.15) is 56.6 Å². The molecular formula is C30H33ClN4O4. The van der Waals surface area contributed by atoms with Crippen molar-refractivity contribution < 1.29 is 19.1 Å². The van der Waals surface area contributed by atoms with Gasteiger partial charge < -0.3 is 15.4 Å². The van der Waals surface area contributed by atoms with Crippen molar-refractivity contribution in [1.29, 1.82) is 0 Å². The average molecular weight is 549 g/mol. The highest BCUT2D eigenvalue weighted by Crippen LogP contribution is 2.32. The highest BCUT2D eigenvalue weighted by atomic mass is 35.5. The van der Waals surface area contributed by atoms with E-state index in [1.807, 2.05) is 0 Å². The van der Waals surface area contributed by atoms with E-state index in [0.717, 1.165) is 25.7 Å². The van der Waals surface area contributed by atoms with Crippen LogP contribution < -0.4 is 20.3 Å². The minimum absolute atomic E-state index is 0.0631. The van der Waals surface area contributed by atoms with Crippen LogP contribution in [0.2, 0.25) is 5.02 Å². The van der Waals surface area contributed by atoms with Crippen molar-refractivity contribution in [1.82, 2.24) is 10.3 Å². The quantitative estimate of drug-likeness (QED) is 0.321. The van der Waals surface area contributed by atoms with Gasteiger partial charge in [0.2, 0.25) is 17.7 Å². The van der Waals surface area contributed by atoms with Crippen LogP contribution in [-0.2, 0) is 14.4 Å². The number of nitrogens with zero attached hydrogens (tertiary/aromatic N) is 2. The fraction of sp³-hybridized carbons (Fsp3) is 0.333. The Hall–Kier alpha value is -3.91. The number of aromatic nitrogens is 1. The Kier molecular flexibility index (Phi) is 9.91. The van der Waals surface area contributed by atoms with Gasteiger partial charge in [0.25, 0.3) is 0 Å². The molecule has 4 rings (SSSR count). The van der Waals surface area contributed by atoms with Gasteiger partial charge in [0.1, 0.15) is 17.6 Å². The maximum Gasteiger partial charge on any atom is 0.248 e. The Morgan fingerprint density at radius 1 is 1.03 bits per heavy atom. The monoisotopic (exact) mass is 548 g/mol. The highest BCUT2D eigenvalue weighted by molar-refractivity contribution is 6.30. The van der Waals surface area contributed by atoms with E-state index in [2.05, 4.69) is 15.6 Å². The first kappa shape index (κ1) is 28.1. The molecule has 8 nitrogen and oxygen atoms in total. The lowest BCUT2D eigenvalue weighted by molar-refractivity contribution is -0.127. The number of anilines is 2. The summed E-state index contributed by atoms with van der Waals surface area (Å²) in [6, 6.07) is 18.4. The first-order valence-electron chi connectivity index (χ1n) is 13.2. The number of carbonyl (C=O) groups is 3. The van der Waals surface area contributed by atoms with Crippen LogP contribution in [0.25, 0.3) is 0 Å². The first-order valence-corrected chi connectivity index (χ1v) is 13.5. The minimum atomic E-state index is -0.926. The maximum atomic E-state index is 13.8. The van der Waals surface area contributed by atoms with Crippen molar-refractivity contribution in [2.45, 2.75) is 57.0 Å². The predicted molar refractivity (Wildman–Crippen MR) is 152 cm³/mol. The van der Waals surface area contributed by atoms with Crippen LogP contribution in [0.4, 0.5) is 11.5 Å². The summed E-state index contributed by atoms with van der Waals surface area (Å²) in [5.74, 6) is 0.246. The molecule has 2 N–H and O–H groups in total. The van der Waals surface area contributed by atoms with E-state index in [9.17, 15) is 14.4 Å². The van der Waals surface area contributed by atoms with Crippen molar-refractivity contribution in [3.8, 4) is 5.75 Å². The van der Waals surface area contributed by atoms with Gasteiger partial charge in [-0.15, -0.1) is 0 Å². The number of hydrogen-bond acceptors (Lipinski definition) is 5. The standard InChI is InChI=1S/C30H33ClN4O4/c1-39-25-11-6-10-24(20-25)35(28(37)14-7-13-27(36)34-26-12-4-5-19-32-26)29(21-15-17-22(31)18-16-21)30(38)33-23-8-2-3-9-23/h4-6,10-12,15-20,23,29H,2-3,7-9,13-14H2,1H3,(H,33,38)(H,32,34,36). The van der Waals surface area contributed by atoms with Crippen molar-refractivity contribution in [2.75, 3.05) is 17.3 Å². The molecular weight excluding hydrogens is 516 g/mol. The molecule has 9 heteroatoms.